The van der Waals surface area contributed by atoms with Crippen LogP contribution in [0.5, 0.6) is 0 Å². The third kappa shape index (κ3) is 3.36. The normalized spacial score (nSPS) is 12.9. The van der Waals surface area contributed by atoms with Gasteiger partial charge in [0.2, 0.25) is 5.69 Å². The van der Waals surface area contributed by atoms with Crippen LogP contribution in [0.4, 0.5) is 0 Å². The molecule has 0 saturated heterocycles. The van der Waals surface area contributed by atoms with Crippen LogP contribution in [0.2, 0.25) is 0 Å². The van der Waals surface area contributed by atoms with Crippen LogP contribution < -0.4 is 4.57 Å². The number of fused-ring (bicyclic) bond motifs is 3. The predicted molar refractivity (Wildman–Crippen MR) is 134 cm³/mol. The molecule has 0 radical (unpaired) electrons. The first-order valence-electron chi connectivity index (χ1n) is 11.5. The molecule has 0 spiro atoms. The molecule has 0 N–H and O–H groups in total. The summed E-state index contributed by atoms with van der Waals surface area (Å²) in [7, 11) is 2.21. The molecule has 3 aromatic carbocycles. The third-order valence-electron chi connectivity index (χ3n) is 6.50. The molecule has 0 atom stereocenters. The van der Waals surface area contributed by atoms with Gasteiger partial charge in [0, 0.05) is 15.9 Å². The van der Waals surface area contributed by atoms with Gasteiger partial charge in [-0.2, -0.15) is 0 Å². The largest absolute Gasteiger partial charge is 0.222 e. The fraction of sp³-hybridized carbons (Fsp3) is 0.345. The Hall–Kier alpha value is -2.32. The van der Waals surface area contributed by atoms with Crippen LogP contribution in [0, 0.1) is 18.8 Å². The van der Waals surface area contributed by atoms with E-state index in [0.717, 1.165) is 12.8 Å². The molecule has 1 aliphatic rings. The van der Waals surface area contributed by atoms with E-state index in [0.29, 0.717) is 11.8 Å². The zero-order valence-corrected chi connectivity index (χ0v) is 20.4. The first kappa shape index (κ1) is 20.6. The lowest BCUT2D eigenvalue weighted by Gasteiger charge is -2.25. The number of aryl methyl sites for hydroxylation is 2. The van der Waals surface area contributed by atoms with Crippen LogP contribution in [0.1, 0.15) is 44.4 Å². The zero-order valence-electron chi connectivity index (χ0n) is 19.5. The summed E-state index contributed by atoms with van der Waals surface area (Å²) in [6.07, 6.45) is 4.48. The number of hydrogen-bond acceptors (Lipinski definition) is 1. The van der Waals surface area contributed by atoms with E-state index in [1.807, 2.05) is 11.8 Å². The summed E-state index contributed by atoms with van der Waals surface area (Å²) in [6, 6.07) is 16.2. The van der Waals surface area contributed by atoms with E-state index < -0.39 is 0 Å². The lowest BCUT2D eigenvalue weighted by atomic mass is 9.88. The second-order valence-electron chi connectivity index (χ2n) is 9.98. The SMILES string of the molecule is Cc1c2c(c(CC(C)C)c3ccccc13)Sc1cc(CC(C)C)cc3cc[n+](C)c-2c13. The van der Waals surface area contributed by atoms with Gasteiger partial charge in [-0.05, 0) is 70.5 Å². The van der Waals surface area contributed by atoms with Crippen molar-refractivity contribution >= 4 is 33.3 Å². The first-order valence-corrected chi connectivity index (χ1v) is 12.3. The number of pyridine rings is 1. The molecule has 2 heteroatoms. The molecule has 0 amide bonds. The summed E-state index contributed by atoms with van der Waals surface area (Å²) in [5, 5.41) is 5.62. The van der Waals surface area contributed by atoms with Crippen molar-refractivity contribution in [2.24, 2.45) is 18.9 Å². The Morgan fingerprint density at radius 2 is 1.61 bits per heavy atom. The first-order chi connectivity index (χ1) is 14.8. The third-order valence-corrected chi connectivity index (χ3v) is 7.69. The Kier molecular flexibility index (Phi) is 5.09. The van der Waals surface area contributed by atoms with E-state index in [1.165, 1.54) is 59.3 Å². The highest BCUT2D eigenvalue weighted by Crippen LogP contribution is 2.52. The lowest BCUT2D eigenvalue weighted by molar-refractivity contribution is -0.659. The van der Waals surface area contributed by atoms with Gasteiger partial charge in [-0.3, -0.25) is 0 Å². The van der Waals surface area contributed by atoms with Gasteiger partial charge in [0.15, 0.2) is 6.20 Å². The maximum Gasteiger partial charge on any atom is 0.222 e. The Bertz CT molecular complexity index is 1330. The predicted octanol–water partition coefficient (Wildman–Crippen LogP) is 7.65. The highest BCUT2D eigenvalue weighted by Gasteiger charge is 2.31. The van der Waals surface area contributed by atoms with Crippen molar-refractivity contribution in [1.82, 2.24) is 0 Å². The second kappa shape index (κ2) is 7.67. The topological polar surface area (TPSA) is 3.88 Å². The summed E-state index contributed by atoms with van der Waals surface area (Å²) >= 11 is 2.01. The Morgan fingerprint density at radius 1 is 0.903 bits per heavy atom. The molecule has 1 aromatic heterocycles. The molecule has 0 aliphatic carbocycles. The van der Waals surface area contributed by atoms with Crippen LogP contribution in [0.15, 0.2) is 58.5 Å². The lowest BCUT2D eigenvalue weighted by Crippen LogP contribution is -2.32. The molecule has 0 bridgehead atoms. The van der Waals surface area contributed by atoms with Gasteiger partial charge in [0.1, 0.15) is 7.05 Å². The maximum absolute atomic E-state index is 2.46. The van der Waals surface area contributed by atoms with Gasteiger partial charge in [0.25, 0.3) is 0 Å². The van der Waals surface area contributed by atoms with E-state index in [-0.39, 0.29) is 0 Å². The molecule has 1 nitrogen and oxygen atoms in total. The molecular weight excluding hydrogens is 394 g/mol. The second-order valence-corrected chi connectivity index (χ2v) is 11.0. The molecule has 1 aliphatic heterocycles. The van der Waals surface area contributed by atoms with Crippen LogP contribution in [0.25, 0.3) is 32.8 Å². The minimum Gasteiger partial charge on any atom is -0.200 e. The maximum atomic E-state index is 2.46. The molecule has 0 saturated carbocycles. The van der Waals surface area contributed by atoms with Crippen molar-refractivity contribution in [2.75, 3.05) is 0 Å². The molecule has 2 heterocycles. The van der Waals surface area contributed by atoms with Crippen molar-refractivity contribution in [3.8, 4) is 11.3 Å². The highest BCUT2D eigenvalue weighted by molar-refractivity contribution is 7.99. The van der Waals surface area contributed by atoms with Crippen LogP contribution in [0.3, 0.4) is 0 Å². The van der Waals surface area contributed by atoms with E-state index in [2.05, 4.69) is 94.9 Å². The number of benzene rings is 3. The quantitative estimate of drug-likeness (QED) is 0.267. The fourth-order valence-corrected chi connectivity index (χ4v) is 6.68. The molecule has 158 valence electrons. The van der Waals surface area contributed by atoms with Crippen molar-refractivity contribution in [3.05, 3.63) is 65.4 Å². The van der Waals surface area contributed by atoms with Crippen LogP contribution in [-0.2, 0) is 19.9 Å². The van der Waals surface area contributed by atoms with Crippen LogP contribution in [-0.4, -0.2) is 0 Å². The molecular formula is C29H32NS+. The smallest absolute Gasteiger partial charge is 0.200 e. The summed E-state index contributed by atoms with van der Waals surface area (Å²) in [5.41, 5.74) is 7.21. The summed E-state index contributed by atoms with van der Waals surface area (Å²) < 4.78 is 2.34. The summed E-state index contributed by atoms with van der Waals surface area (Å²) in [5.74, 6) is 1.28. The molecule has 5 rings (SSSR count). The number of nitrogens with zero attached hydrogens (tertiary/aromatic N) is 1. The standard InChI is InChI=1S/C29H32NS/c1-17(2)13-20-15-21-11-12-30(6)28-26-19(5)22-9-7-8-10-23(22)24(14-18(3)4)29(26)31-25(16-20)27(21)28/h7-12,15-18H,13-14H2,1-6H3/q+1. The minimum absolute atomic E-state index is 0.619. The van der Waals surface area contributed by atoms with Crippen molar-refractivity contribution in [1.29, 1.82) is 0 Å². The highest BCUT2D eigenvalue weighted by atomic mass is 32.2. The van der Waals surface area contributed by atoms with Crippen molar-refractivity contribution in [2.45, 2.75) is 57.3 Å². The van der Waals surface area contributed by atoms with Gasteiger partial charge in [0.05, 0.1) is 10.9 Å². The monoisotopic (exact) mass is 426 g/mol. The van der Waals surface area contributed by atoms with Crippen molar-refractivity contribution < 1.29 is 4.57 Å². The summed E-state index contributed by atoms with van der Waals surface area (Å²) in [4.78, 5) is 2.90. The summed E-state index contributed by atoms with van der Waals surface area (Å²) in [6.45, 7) is 11.6. The van der Waals surface area contributed by atoms with E-state index in [1.54, 1.807) is 0 Å². The van der Waals surface area contributed by atoms with Crippen LogP contribution >= 0.6 is 11.8 Å². The Labute approximate surface area is 190 Å². The Morgan fingerprint density at radius 3 is 2.32 bits per heavy atom. The van der Waals surface area contributed by atoms with Gasteiger partial charge < -0.3 is 0 Å². The molecule has 31 heavy (non-hydrogen) atoms. The van der Waals surface area contributed by atoms with Gasteiger partial charge in [-0.25, -0.2) is 4.57 Å². The fourth-order valence-electron chi connectivity index (χ4n) is 5.27. The number of hydrogen-bond donors (Lipinski definition) is 0. The Balaban J connectivity index is 1.90. The minimum atomic E-state index is 0.619. The average molecular weight is 427 g/mol. The van der Waals surface area contributed by atoms with Crippen molar-refractivity contribution in [3.63, 3.8) is 0 Å². The van der Waals surface area contributed by atoms with Gasteiger partial charge in [-0.15, -0.1) is 0 Å². The number of aromatic nitrogens is 1. The zero-order chi connectivity index (χ0) is 21.9. The van der Waals surface area contributed by atoms with E-state index in [4.69, 9.17) is 0 Å². The molecule has 0 unspecified atom stereocenters. The molecule has 0 fully saturated rings. The molecule has 4 aromatic rings. The average Bonchev–Trinajstić information content (AvgIpc) is 2.72. The van der Waals surface area contributed by atoms with E-state index in [9.17, 15) is 0 Å². The van der Waals surface area contributed by atoms with Gasteiger partial charge in [-0.1, -0.05) is 69.8 Å². The number of rotatable bonds is 4. The van der Waals surface area contributed by atoms with Gasteiger partial charge >= 0.3 is 0 Å². The van der Waals surface area contributed by atoms with E-state index >= 15 is 0 Å².